The molecule has 0 aromatic heterocycles. The molecule has 1 aliphatic rings. The van der Waals surface area contributed by atoms with Crippen molar-refractivity contribution in [1.82, 2.24) is 9.91 Å². The van der Waals surface area contributed by atoms with Crippen molar-refractivity contribution in [2.45, 2.75) is 10.8 Å². The standard InChI is InChI=1S/C25H25Cl2N5O4S2/c1-31(15-16-37(28,33)34)25(30-38(35,36)22-13-11-21(27)12-14-22)32-17-23(18-5-3-2-4-6-18)24(29-32)19-7-9-20(26)10-8-19/h2-14,23H,15-17H2,1H3,(H2,28,33,34)/t23-/m1/s1. The highest BCUT2D eigenvalue weighted by atomic mass is 35.5. The van der Waals surface area contributed by atoms with Crippen LogP contribution in [0.5, 0.6) is 0 Å². The quantitative estimate of drug-likeness (QED) is 0.328. The molecule has 2 N–H and O–H groups in total. The summed E-state index contributed by atoms with van der Waals surface area (Å²) in [5.41, 5.74) is 2.46. The van der Waals surface area contributed by atoms with E-state index in [2.05, 4.69) is 4.40 Å². The van der Waals surface area contributed by atoms with Gasteiger partial charge in [-0.25, -0.2) is 18.6 Å². The van der Waals surface area contributed by atoms with E-state index in [-0.39, 0.29) is 29.9 Å². The molecular weight excluding hydrogens is 569 g/mol. The fraction of sp³-hybridized carbons (Fsp3) is 0.200. The van der Waals surface area contributed by atoms with Gasteiger partial charge in [0.1, 0.15) is 0 Å². The van der Waals surface area contributed by atoms with Crippen molar-refractivity contribution >= 4 is 54.9 Å². The molecule has 0 spiro atoms. The van der Waals surface area contributed by atoms with E-state index in [1.165, 1.54) is 41.2 Å². The van der Waals surface area contributed by atoms with E-state index in [1.807, 2.05) is 42.5 Å². The molecule has 0 bridgehead atoms. The summed E-state index contributed by atoms with van der Waals surface area (Å²) in [5, 5.41) is 12.4. The summed E-state index contributed by atoms with van der Waals surface area (Å²) in [7, 11) is -6.48. The Morgan fingerprint density at radius 1 is 0.974 bits per heavy atom. The van der Waals surface area contributed by atoms with E-state index in [0.717, 1.165) is 11.1 Å². The van der Waals surface area contributed by atoms with Crippen LogP contribution in [0.1, 0.15) is 17.0 Å². The van der Waals surface area contributed by atoms with Crippen molar-refractivity contribution in [3.05, 3.63) is 100 Å². The molecule has 0 unspecified atom stereocenters. The largest absolute Gasteiger partial charge is 0.342 e. The number of hydrogen-bond acceptors (Lipinski definition) is 5. The van der Waals surface area contributed by atoms with Crippen LogP contribution in [0.2, 0.25) is 10.0 Å². The van der Waals surface area contributed by atoms with E-state index >= 15 is 0 Å². The molecular formula is C25H25Cl2N5O4S2. The first-order valence-corrected chi connectivity index (χ1v) is 15.3. The van der Waals surface area contributed by atoms with Crippen molar-refractivity contribution < 1.29 is 16.8 Å². The van der Waals surface area contributed by atoms with Gasteiger partial charge in [0.05, 0.1) is 22.9 Å². The summed E-state index contributed by atoms with van der Waals surface area (Å²) in [6.07, 6.45) is 0. The number of nitrogens with two attached hydrogens (primary N) is 1. The molecule has 3 aromatic rings. The lowest BCUT2D eigenvalue weighted by Gasteiger charge is -2.26. The molecule has 1 aliphatic heterocycles. The van der Waals surface area contributed by atoms with Gasteiger partial charge in [-0.15, -0.1) is 4.40 Å². The van der Waals surface area contributed by atoms with Crippen LogP contribution in [0.4, 0.5) is 0 Å². The molecule has 3 aromatic carbocycles. The van der Waals surface area contributed by atoms with Gasteiger partial charge in [-0.05, 0) is 47.5 Å². The summed E-state index contributed by atoms with van der Waals surface area (Å²) in [5.74, 6) is -0.686. The third-order valence-electron chi connectivity index (χ3n) is 5.85. The molecule has 200 valence electrons. The maximum atomic E-state index is 13.3. The van der Waals surface area contributed by atoms with E-state index < -0.39 is 25.8 Å². The minimum absolute atomic E-state index is 0.0477. The third kappa shape index (κ3) is 6.91. The number of nitrogens with zero attached hydrogens (tertiary/aromatic N) is 4. The summed E-state index contributed by atoms with van der Waals surface area (Å²) in [6, 6.07) is 22.4. The van der Waals surface area contributed by atoms with Gasteiger partial charge in [-0.1, -0.05) is 65.7 Å². The second kappa shape index (κ2) is 11.4. The maximum Gasteiger partial charge on any atom is 0.285 e. The van der Waals surface area contributed by atoms with E-state index in [1.54, 1.807) is 12.1 Å². The summed E-state index contributed by atoms with van der Waals surface area (Å²) >= 11 is 12.0. The lowest BCUT2D eigenvalue weighted by atomic mass is 9.91. The van der Waals surface area contributed by atoms with Crippen LogP contribution in [-0.2, 0) is 20.0 Å². The third-order valence-corrected chi connectivity index (χ3v) is 8.38. The van der Waals surface area contributed by atoms with Crippen molar-refractivity contribution in [1.29, 1.82) is 0 Å². The van der Waals surface area contributed by atoms with Gasteiger partial charge in [0.25, 0.3) is 10.0 Å². The molecule has 0 saturated carbocycles. The van der Waals surface area contributed by atoms with Crippen molar-refractivity contribution in [2.24, 2.45) is 14.6 Å². The van der Waals surface area contributed by atoms with Crippen LogP contribution in [0.25, 0.3) is 0 Å². The first-order chi connectivity index (χ1) is 17.9. The smallest absolute Gasteiger partial charge is 0.285 e. The molecule has 9 nitrogen and oxygen atoms in total. The number of halogens is 2. The highest BCUT2D eigenvalue weighted by Gasteiger charge is 2.34. The van der Waals surface area contributed by atoms with Gasteiger partial charge in [0.2, 0.25) is 16.0 Å². The van der Waals surface area contributed by atoms with Crippen molar-refractivity contribution in [3.8, 4) is 0 Å². The van der Waals surface area contributed by atoms with Gasteiger partial charge >= 0.3 is 0 Å². The van der Waals surface area contributed by atoms with Gasteiger partial charge in [0.15, 0.2) is 0 Å². The van der Waals surface area contributed by atoms with Crippen LogP contribution in [0, 0.1) is 0 Å². The number of guanidine groups is 1. The Morgan fingerprint density at radius 3 is 2.13 bits per heavy atom. The molecule has 4 rings (SSSR count). The molecule has 1 heterocycles. The van der Waals surface area contributed by atoms with Crippen LogP contribution in [0.15, 0.2) is 93.3 Å². The molecule has 0 saturated heterocycles. The van der Waals surface area contributed by atoms with Gasteiger partial charge in [-0.3, -0.25) is 0 Å². The van der Waals surface area contributed by atoms with Crippen LogP contribution >= 0.6 is 23.2 Å². The first-order valence-electron chi connectivity index (χ1n) is 11.4. The average Bonchev–Trinajstić information content (AvgIpc) is 3.32. The zero-order valence-corrected chi connectivity index (χ0v) is 23.4. The Kier molecular flexibility index (Phi) is 8.43. The Labute approximate surface area is 232 Å². The SMILES string of the molecule is CN(CCS(N)(=O)=O)C(=NS(=O)(=O)c1ccc(Cl)cc1)N1C[C@H](c2ccccc2)C(c2ccc(Cl)cc2)=N1. The molecule has 0 radical (unpaired) electrons. The maximum absolute atomic E-state index is 13.3. The second-order valence-corrected chi connectivity index (χ2v) is 12.9. The second-order valence-electron chi connectivity index (χ2n) is 8.65. The molecule has 0 fully saturated rings. The Bertz CT molecular complexity index is 1560. The monoisotopic (exact) mass is 593 g/mol. The highest BCUT2D eigenvalue weighted by Crippen LogP contribution is 2.30. The molecule has 13 heteroatoms. The molecule has 0 aliphatic carbocycles. The van der Waals surface area contributed by atoms with Crippen molar-refractivity contribution in [3.63, 3.8) is 0 Å². The number of hydrazone groups is 1. The van der Waals surface area contributed by atoms with Gasteiger partial charge in [0, 0.05) is 29.6 Å². The molecule has 1 atom stereocenters. The molecule has 0 amide bonds. The fourth-order valence-electron chi connectivity index (χ4n) is 3.90. The lowest BCUT2D eigenvalue weighted by molar-refractivity contribution is 0.382. The van der Waals surface area contributed by atoms with Crippen LogP contribution < -0.4 is 5.14 Å². The van der Waals surface area contributed by atoms with Crippen molar-refractivity contribution in [2.75, 3.05) is 25.9 Å². The Balaban J connectivity index is 1.80. The van der Waals surface area contributed by atoms with Gasteiger partial charge < -0.3 is 4.90 Å². The highest BCUT2D eigenvalue weighted by molar-refractivity contribution is 7.90. The number of primary sulfonamides is 1. The predicted molar refractivity (Wildman–Crippen MR) is 151 cm³/mol. The lowest BCUT2D eigenvalue weighted by Crippen LogP contribution is -2.42. The van der Waals surface area contributed by atoms with E-state index in [9.17, 15) is 16.8 Å². The minimum atomic E-state index is -4.20. The Morgan fingerprint density at radius 2 is 1.55 bits per heavy atom. The predicted octanol–water partition coefficient (Wildman–Crippen LogP) is 3.76. The van der Waals surface area contributed by atoms with Gasteiger partial charge in [-0.2, -0.15) is 13.5 Å². The van der Waals surface area contributed by atoms with Crippen LogP contribution in [-0.4, -0.2) is 64.3 Å². The Hall–Kier alpha value is -2.96. The van der Waals surface area contributed by atoms with E-state index in [0.29, 0.717) is 15.8 Å². The zero-order chi connectivity index (χ0) is 27.5. The topological polar surface area (TPSA) is 125 Å². The normalized spacial score (nSPS) is 16.4. The summed E-state index contributed by atoms with van der Waals surface area (Å²) in [4.78, 5) is 1.34. The number of rotatable bonds is 7. The van der Waals surface area contributed by atoms with E-state index in [4.69, 9.17) is 33.4 Å². The first kappa shape index (κ1) is 28.1. The number of benzene rings is 3. The number of sulfonamides is 2. The van der Waals surface area contributed by atoms with Crippen LogP contribution in [0.3, 0.4) is 0 Å². The summed E-state index contributed by atoms with van der Waals surface area (Å²) < 4.78 is 53.9. The minimum Gasteiger partial charge on any atom is -0.342 e. The zero-order valence-electron chi connectivity index (χ0n) is 20.3. The molecule has 38 heavy (non-hydrogen) atoms. The average molecular weight is 595 g/mol. The summed E-state index contributed by atoms with van der Waals surface area (Å²) in [6.45, 7) is 0.156. The fourth-order valence-corrected chi connectivity index (χ4v) is 5.71. The number of hydrogen-bond donors (Lipinski definition) is 1.